The zero-order chi connectivity index (χ0) is 33.5. The molecule has 2 aliphatic carbocycles. The van der Waals surface area contributed by atoms with Gasteiger partial charge in [-0.3, -0.25) is 4.79 Å². The van der Waals surface area contributed by atoms with Gasteiger partial charge in [0.2, 0.25) is 11.8 Å². The van der Waals surface area contributed by atoms with E-state index >= 15 is 0 Å². The number of fused-ring (bicyclic) bond motifs is 4. The first-order chi connectivity index (χ1) is 22.3. The smallest absolute Gasteiger partial charge is 0.264 e. The maximum atomic E-state index is 13.9. The zero-order valence-corrected chi connectivity index (χ0v) is 28.7. The Labute approximate surface area is 277 Å². The molecule has 2 heterocycles. The van der Waals surface area contributed by atoms with Gasteiger partial charge in [-0.15, -0.1) is 0 Å². The highest BCUT2D eigenvalue weighted by Gasteiger charge is 2.54. The van der Waals surface area contributed by atoms with Gasteiger partial charge in [-0.2, -0.15) is 4.98 Å². The Balaban J connectivity index is 1.32. The van der Waals surface area contributed by atoms with Crippen molar-refractivity contribution in [2.24, 2.45) is 10.4 Å². The fraction of sp³-hybridized carbons (Fsp3) is 0.429. The van der Waals surface area contributed by atoms with E-state index < -0.39 is 16.1 Å². The summed E-state index contributed by atoms with van der Waals surface area (Å²) in [5.74, 6) is 0.570. The predicted octanol–water partition coefficient (Wildman–Crippen LogP) is 5.09. The van der Waals surface area contributed by atoms with E-state index in [4.69, 9.17) is 9.73 Å². The monoisotopic (exact) mass is 657 g/mol. The van der Waals surface area contributed by atoms with Crippen LogP contribution in [0.3, 0.4) is 0 Å². The molecule has 47 heavy (non-hydrogen) atoms. The van der Waals surface area contributed by atoms with Gasteiger partial charge in [0, 0.05) is 56.8 Å². The molecule has 3 aliphatic rings. The van der Waals surface area contributed by atoms with E-state index in [2.05, 4.69) is 26.6 Å². The SMILES string of the molecule is Cc1cccc(C)c1-c1cc2nc(n1)NS(=O)(=O)c1cccc(c1)C(=O)N(C/C=N/C(=C\N(C)C)N(C)C1CC3(CC3)C1)CC(C)O2. The number of ether oxygens (including phenoxy) is 1. The van der Waals surface area contributed by atoms with Crippen LogP contribution in [-0.2, 0) is 10.0 Å². The number of carbonyl (C=O) groups excluding carboxylic acids is 1. The third-order valence-corrected chi connectivity index (χ3v) is 10.6. The maximum Gasteiger partial charge on any atom is 0.264 e. The Bertz CT molecular complexity index is 1820. The first kappa shape index (κ1) is 32.5. The van der Waals surface area contributed by atoms with Gasteiger partial charge in [0.05, 0.1) is 23.7 Å². The van der Waals surface area contributed by atoms with Crippen LogP contribution in [0.1, 0.15) is 54.1 Å². The Kier molecular flexibility index (Phi) is 8.73. The Hall–Kier alpha value is -4.45. The summed E-state index contributed by atoms with van der Waals surface area (Å²) in [5.41, 5.74) is 4.16. The molecule has 2 saturated carbocycles. The third-order valence-electron chi connectivity index (χ3n) is 9.25. The van der Waals surface area contributed by atoms with Crippen molar-refractivity contribution in [2.45, 2.75) is 63.5 Å². The zero-order valence-electron chi connectivity index (χ0n) is 27.9. The lowest BCUT2D eigenvalue weighted by Crippen LogP contribution is -2.43. The molecule has 12 heteroatoms. The van der Waals surface area contributed by atoms with Crippen LogP contribution in [-0.4, -0.2) is 91.6 Å². The van der Waals surface area contributed by atoms with E-state index in [1.165, 1.54) is 37.8 Å². The number of aromatic nitrogens is 2. The second-order valence-corrected chi connectivity index (χ2v) is 15.1. The maximum absolute atomic E-state index is 13.9. The standard InChI is InChI=1S/C35H43N7O4S/c1-23-9-7-10-24(2)32(23)29-18-31-38-34(37-29)39-47(44,45)28-12-8-11-26(17-28)33(43)42(21-25(3)46-31)16-15-36-30(22-40(4)5)41(6)27-19-35(20-27)13-14-35/h7-12,15,17-18,22,25,27H,13-14,16,19-21H2,1-6H3,(H,37,38,39)/b30-22+,36-15+. The molecule has 248 valence electrons. The lowest BCUT2D eigenvalue weighted by Gasteiger charge is -2.43. The summed E-state index contributed by atoms with van der Waals surface area (Å²) in [6.45, 7) is 6.21. The summed E-state index contributed by atoms with van der Waals surface area (Å²) in [6, 6.07) is 14.1. The second kappa shape index (κ2) is 12.6. The minimum atomic E-state index is -4.14. The van der Waals surface area contributed by atoms with E-state index in [1.807, 2.05) is 64.2 Å². The van der Waals surface area contributed by atoms with Gasteiger partial charge in [-0.05, 0) is 81.2 Å². The van der Waals surface area contributed by atoms with E-state index in [0.717, 1.165) is 22.5 Å². The predicted molar refractivity (Wildman–Crippen MR) is 183 cm³/mol. The average Bonchev–Trinajstić information content (AvgIpc) is 3.79. The molecule has 2 fully saturated rings. The number of nitrogens with zero attached hydrogens (tertiary/aromatic N) is 6. The number of hydrogen-bond acceptors (Lipinski definition) is 9. The van der Waals surface area contributed by atoms with Crippen molar-refractivity contribution in [3.8, 4) is 17.1 Å². The number of benzene rings is 2. The fourth-order valence-electron chi connectivity index (χ4n) is 6.49. The molecule has 1 N–H and O–H groups in total. The van der Waals surface area contributed by atoms with Crippen LogP contribution in [0.2, 0.25) is 0 Å². The molecule has 0 saturated heterocycles. The first-order valence-electron chi connectivity index (χ1n) is 16.0. The summed E-state index contributed by atoms with van der Waals surface area (Å²) in [5, 5.41) is 0. The highest BCUT2D eigenvalue weighted by atomic mass is 32.2. The van der Waals surface area contributed by atoms with Crippen LogP contribution in [0.4, 0.5) is 5.95 Å². The fourth-order valence-corrected chi connectivity index (χ4v) is 7.48. The second-order valence-electron chi connectivity index (χ2n) is 13.4. The van der Waals surface area contributed by atoms with Crippen molar-refractivity contribution >= 4 is 28.1 Å². The number of rotatable bonds is 7. The summed E-state index contributed by atoms with van der Waals surface area (Å²) >= 11 is 0. The van der Waals surface area contributed by atoms with Gasteiger partial charge < -0.3 is 19.4 Å². The summed E-state index contributed by atoms with van der Waals surface area (Å²) in [7, 11) is 1.88. The first-order valence-corrected chi connectivity index (χ1v) is 17.5. The highest BCUT2D eigenvalue weighted by molar-refractivity contribution is 7.92. The summed E-state index contributed by atoms with van der Waals surface area (Å²) < 4.78 is 35.9. The molecular weight excluding hydrogens is 614 g/mol. The summed E-state index contributed by atoms with van der Waals surface area (Å²) in [6.07, 6.45) is 8.26. The van der Waals surface area contributed by atoms with E-state index in [0.29, 0.717) is 17.2 Å². The quantitative estimate of drug-likeness (QED) is 0.349. The molecule has 11 nitrogen and oxygen atoms in total. The van der Waals surface area contributed by atoms with Crippen LogP contribution >= 0.6 is 0 Å². The molecular formula is C35H43N7O4S. The molecule has 2 aromatic carbocycles. The van der Waals surface area contributed by atoms with E-state index in [9.17, 15) is 13.2 Å². The van der Waals surface area contributed by atoms with Crippen molar-refractivity contribution in [1.29, 1.82) is 0 Å². The average molecular weight is 658 g/mol. The van der Waals surface area contributed by atoms with E-state index in [-0.39, 0.29) is 41.3 Å². The minimum Gasteiger partial charge on any atom is -0.473 e. The number of nitrogens with one attached hydrogen (secondary N) is 1. The van der Waals surface area contributed by atoms with Gasteiger partial charge in [-0.1, -0.05) is 24.3 Å². The molecule has 4 bridgehead atoms. The van der Waals surface area contributed by atoms with Crippen LogP contribution in [0.15, 0.2) is 70.4 Å². The molecule has 1 atom stereocenters. The van der Waals surface area contributed by atoms with Gasteiger partial charge >= 0.3 is 0 Å². The Morgan fingerprint density at radius 1 is 1.09 bits per heavy atom. The van der Waals surface area contributed by atoms with Crippen molar-refractivity contribution in [3.05, 3.63) is 77.2 Å². The molecule has 6 rings (SSSR count). The normalized spacial score (nSPS) is 20.4. The third kappa shape index (κ3) is 7.12. The van der Waals surface area contributed by atoms with Gasteiger partial charge in [0.1, 0.15) is 11.9 Å². The number of aliphatic imine (C=N–C) groups is 1. The topological polar surface area (TPSA) is 120 Å². The molecule has 0 radical (unpaired) electrons. The number of amides is 1. The van der Waals surface area contributed by atoms with Crippen molar-refractivity contribution in [3.63, 3.8) is 0 Å². The number of anilines is 1. The highest BCUT2D eigenvalue weighted by Crippen LogP contribution is 2.62. The van der Waals surface area contributed by atoms with Crippen molar-refractivity contribution in [2.75, 3.05) is 39.0 Å². The van der Waals surface area contributed by atoms with Gasteiger partial charge in [0.25, 0.3) is 15.9 Å². The molecule has 1 unspecified atom stereocenters. The Morgan fingerprint density at radius 2 is 1.79 bits per heavy atom. The van der Waals surface area contributed by atoms with Crippen LogP contribution in [0.25, 0.3) is 11.3 Å². The lowest BCUT2D eigenvalue weighted by molar-refractivity contribution is 0.0703. The van der Waals surface area contributed by atoms with Crippen LogP contribution in [0.5, 0.6) is 5.88 Å². The van der Waals surface area contributed by atoms with E-state index in [1.54, 1.807) is 29.3 Å². The lowest BCUT2D eigenvalue weighted by atomic mass is 9.76. The molecule has 1 aromatic heterocycles. The van der Waals surface area contributed by atoms with Gasteiger partial charge in [-0.25, -0.2) is 23.1 Å². The Morgan fingerprint density at radius 3 is 2.47 bits per heavy atom. The molecule has 3 aromatic rings. The van der Waals surface area contributed by atoms with Crippen molar-refractivity contribution < 1.29 is 17.9 Å². The number of aryl methyl sites for hydroxylation is 2. The van der Waals surface area contributed by atoms with Crippen LogP contribution < -0.4 is 9.46 Å². The van der Waals surface area contributed by atoms with Crippen LogP contribution in [0, 0.1) is 19.3 Å². The number of hydrogen-bond donors (Lipinski definition) is 1. The number of sulfonamides is 1. The number of carbonyl (C=O) groups is 1. The van der Waals surface area contributed by atoms with Crippen molar-refractivity contribution in [1.82, 2.24) is 24.7 Å². The largest absolute Gasteiger partial charge is 0.473 e. The molecule has 1 aliphatic heterocycles. The minimum absolute atomic E-state index is 0.0698. The summed E-state index contributed by atoms with van der Waals surface area (Å²) in [4.78, 5) is 33.5. The molecule has 1 amide bonds. The molecule has 1 spiro atoms. The van der Waals surface area contributed by atoms with Gasteiger partial charge in [0.15, 0.2) is 0 Å².